The smallest absolute Gasteiger partial charge is 0.195 e. The van der Waals surface area contributed by atoms with Gasteiger partial charge in [-0.25, -0.2) is 4.39 Å². The van der Waals surface area contributed by atoms with Crippen LogP contribution in [0.25, 0.3) is 10.9 Å². The zero-order chi connectivity index (χ0) is 17.1. The fraction of sp³-hybridized carbons (Fsp3) is 0.250. The largest absolute Gasteiger partial charge is 0.396 e. The Bertz CT molecular complexity index is 868. The van der Waals surface area contributed by atoms with E-state index in [2.05, 4.69) is 0 Å². The van der Waals surface area contributed by atoms with Gasteiger partial charge in [0.25, 0.3) is 0 Å². The maximum Gasteiger partial charge on any atom is 0.195 e. The Morgan fingerprint density at radius 2 is 1.88 bits per heavy atom. The van der Waals surface area contributed by atoms with Crippen molar-refractivity contribution >= 4 is 16.7 Å². The number of aromatic nitrogens is 1. The van der Waals surface area contributed by atoms with Gasteiger partial charge in [0.15, 0.2) is 5.78 Å². The van der Waals surface area contributed by atoms with Crippen LogP contribution in [0.1, 0.15) is 34.5 Å². The molecule has 0 amide bonds. The summed E-state index contributed by atoms with van der Waals surface area (Å²) in [6.45, 7) is 2.73. The van der Waals surface area contributed by atoms with Crippen LogP contribution >= 0.6 is 0 Å². The SMILES string of the molecule is Cc1c(C(=O)c2ccccc2)c2cc(F)ccc2n1CCCCO. The molecule has 3 rings (SSSR count). The molecule has 0 aliphatic rings. The number of rotatable bonds is 6. The van der Waals surface area contributed by atoms with Crippen LogP contribution in [-0.4, -0.2) is 22.1 Å². The summed E-state index contributed by atoms with van der Waals surface area (Å²) in [5, 5.41) is 9.64. The van der Waals surface area contributed by atoms with E-state index in [1.54, 1.807) is 18.2 Å². The first-order chi connectivity index (χ1) is 11.6. The zero-order valence-electron chi connectivity index (χ0n) is 13.6. The second-order valence-electron chi connectivity index (χ2n) is 5.90. The van der Waals surface area contributed by atoms with Gasteiger partial charge in [-0.1, -0.05) is 30.3 Å². The highest BCUT2D eigenvalue weighted by molar-refractivity contribution is 6.17. The van der Waals surface area contributed by atoms with E-state index in [1.165, 1.54) is 12.1 Å². The molecule has 0 unspecified atom stereocenters. The van der Waals surface area contributed by atoms with Crippen LogP contribution in [0.15, 0.2) is 48.5 Å². The van der Waals surface area contributed by atoms with Crippen molar-refractivity contribution in [1.29, 1.82) is 0 Å². The molecule has 1 N–H and O–H groups in total. The minimum atomic E-state index is -0.350. The average molecular weight is 325 g/mol. The summed E-state index contributed by atoms with van der Waals surface area (Å²) in [5.74, 6) is -0.443. The number of hydrogen-bond acceptors (Lipinski definition) is 2. The van der Waals surface area contributed by atoms with Crippen LogP contribution < -0.4 is 0 Å². The normalized spacial score (nSPS) is 11.1. The first kappa shape index (κ1) is 16.4. The summed E-state index contributed by atoms with van der Waals surface area (Å²) in [7, 11) is 0. The molecule has 124 valence electrons. The Morgan fingerprint density at radius 3 is 2.58 bits per heavy atom. The standard InChI is InChI=1S/C20H20FNO2/c1-14-19(20(24)15-7-3-2-4-8-15)17-13-16(21)9-10-18(17)22(14)11-5-6-12-23/h2-4,7-10,13,23H,5-6,11-12H2,1H3. The summed E-state index contributed by atoms with van der Waals surface area (Å²) in [6.07, 6.45) is 1.50. The highest BCUT2D eigenvalue weighted by Crippen LogP contribution is 2.29. The molecule has 0 atom stereocenters. The highest BCUT2D eigenvalue weighted by atomic mass is 19.1. The van der Waals surface area contributed by atoms with E-state index in [4.69, 9.17) is 5.11 Å². The molecular weight excluding hydrogens is 305 g/mol. The van der Waals surface area contributed by atoms with Gasteiger partial charge in [-0.15, -0.1) is 0 Å². The van der Waals surface area contributed by atoms with Crippen LogP contribution in [0.4, 0.5) is 4.39 Å². The molecule has 0 aliphatic heterocycles. The van der Waals surface area contributed by atoms with Crippen molar-refractivity contribution in [2.45, 2.75) is 26.3 Å². The maximum absolute atomic E-state index is 13.8. The Labute approximate surface area is 140 Å². The van der Waals surface area contributed by atoms with Gasteiger partial charge < -0.3 is 9.67 Å². The second kappa shape index (κ2) is 6.97. The van der Waals surface area contributed by atoms with Crippen LogP contribution in [0, 0.1) is 12.7 Å². The Morgan fingerprint density at radius 1 is 1.12 bits per heavy atom. The van der Waals surface area contributed by atoms with Crippen LogP contribution in [0.2, 0.25) is 0 Å². The van der Waals surface area contributed by atoms with Crippen molar-refractivity contribution in [3.63, 3.8) is 0 Å². The number of nitrogens with zero attached hydrogens (tertiary/aromatic N) is 1. The monoisotopic (exact) mass is 325 g/mol. The van der Waals surface area contributed by atoms with Crippen molar-refractivity contribution in [2.75, 3.05) is 6.61 Å². The number of benzene rings is 2. The fourth-order valence-electron chi connectivity index (χ4n) is 3.14. The summed E-state index contributed by atoms with van der Waals surface area (Å²) in [4.78, 5) is 13.0. The summed E-state index contributed by atoms with van der Waals surface area (Å²) in [6, 6.07) is 13.6. The van der Waals surface area contributed by atoms with E-state index in [-0.39, 0.29) is 18.2 Å². The quantitative estimate of drug-likeness (QED) is 0.548. The Kier molecular flexibility index (Phi) is 4.76. The molecule has 0 fully saturated rings. The maximum atomic E-state index is 13.8. The number of hydrogen-bond donors (Lipinski definition) is 1. The van der Waals surface area contributed by atoms with Crippen molar-refractivity contribution in [3.05, 3.63) is 71.2 Å². The lowest BCUT2D eigenvalue weighted by Gasteiger charge is -2.08. The molecule has 2 aromatic carbocycles. The molecule has 1 heterocycles. The molecule has 3 aromatic rings. The third-order valence-electron chi connectivity index (χ3n) is 4.34. The van der Waals surface area contributed by atoms with Crippen LogP contribution in [-0.2, 0) is 6.54 Å². The van der Waals surface area contributed by atoms with Crippen LogP contribution in [0.3, 0.4) is 0 Å². The molecule has 0 bridgehead atoms. The topological polar surface area (TPSA) is 42.2 Å². The van der Waals surface area contributed by atoms with E-state index < -0.39 is 0 Å². The fourth-order valence-corrected chi connectivity index (χ4v) is 3.14. The molecular formula is C20H20FNO2. The Hall–Kier alpha value is -2.46. The van der Waals surface area contributed by atoms with Gasteiger partial charge in [-0.3, -0.25) is 4.79 Å². The lowest BCUT2D eigenvalue weighted by Crippen LogP contribution is -2.06. The summed E-state index contributed by atoms with van der Waals surface area (Å²) >= 11 is 0. The van der Waals surface area contributed by atoms with E-state index in [1.807, 2.05) is 29.7 Å². The first-order valence-corrected chi connectivity index (χ1v) is 8.12. The predicted molar refractivity (Wildman–Crippen MR) is 92.8 cm³/mol. The number of unbranched alkanes of at least 4 members (excludes halogenated alkanes) is 1. The molecule has 1 aromatic heterocycles. The van der Waals surface area contributed by atoms with Crippen molar-refractivity contribution in [1.82, 2.24) is 4.57 Å². The number of fused-ring (bicyclic) bond motifs is 1. The summed E-state index contributed by atoms with van der Waals surface area (Å²) in [5.41, 5.74) is 2.84. The van der Waals surface area contributed by atoms with Crippen molar-refractivity contribution in [3.8, 4) is 0 Å². The molecule has 0 aliphatic carbocycles. The number of carbonyl (C=O) groups is 1. The number of halogens is 1. The molecule has 3 nitrogen and oxygen atoms in total. The molecule has 0 saturated heterocycles. The van der Waals surface area contributed by atoms with Gasteiger partial charge >= 0.3 is 0 Å². The first-order valence-electron chi connectivity index (χ1n) is 8.12. The van der Waals surface area contributed by atoms with Gasteiger partial charge in [-0.2, -0.15) is 0 Å². The minimum Gasteiger partial charge on any atom is -0.396 e. The third-order valence-corrected chi connectivity index (χ3v) is 4.34. The van der Waals surface area contributed by atoms with E-state index >= 15 is 0 Å². The van der Waals surface area contributed by atoms with Crippen molar-refractivity contribution in [2.24, 2.45) is 0 Å². The van der Waals surface area contributed by atoms with Crippen molar-refractivity contribution < 1.29 is 14.3 Å². The molecule has 24 heavy (non-hydrogen) atoms. The zero-order valence-corrected chi connectivity index (χ0v) is 13.6. The highest BCUT2D eigenvalue weighted by Gasteiger charge is 2.21. The molecule has 0 saturated carbocycles. The number of aryl methyl sites for hydroxylation is 1. The average Bonchev–Trinajstić information content (AvgIpc) is 2.86. The van der Waals surface area contributed by atoms with Gasteiger partial charge in [0.1, 0.15) is 5.82 Å². The lowest BCUT2D eigenvalue weighted by atomic mass is 10.0. The summed E-state index contributed by atoms with van der Waals surface area (Å²) < 4.78 is 15.8. The number of aliphatic hydroxyl groups excluding tert-OH is 1. The number of carbonyl (C=O) groups excluding carboxylic acids is 1. The van der Waals surface area contributed by atoms with Crippen LogP contribution in [0.5, 0.6) is 0 Å². The molecule has 4 heteroatoms. The van der Waals surface area contributed by atoms with Gasteiger partial charge in [0.05, 0.1) is 5.56 Å². The lowest BCUT2D eigenvalue weighted by molar-refractivity contribution is 0.103. The van der Waals surface area contributed by atoms with Gasteiger partial charge in [0.2, 0.25) is 0 Å². The Balaban J connectivity index is 2.14. The third kappa shape index (κ3) is 2.97. The van der Waals surface area contributed by atoms with E-state index in [0.717, 1.165) is 17.6 Å². The molecule has 0 spiro atoms. The predicted octanol–water partition coefficient (Wildman–Crippen LogP) is 4.09. The number of ketones is 1. The number of aliphatic hydroxyl groups is 1. The van der Waals surface area contributed by atoms with Gasteiger partial charge in [-0.05, 0) is 38.0 Å². The minimum absolute atomic E-state index is 0.0930. The van der Waals surface area contributed by atoms with Gasteiger partial charge in [0, 0.05) is 35.3 Å². The van der Waals surface area contributed by atoms with E-state index in [0.29, 0.717) is 29.5 Å². The molecule has 0 radical (unpaired) electrons. The second-order valence-corrected chi connectivity index (χ2v) is 5.90. The van der Waals surface area contributed by atoms with E-state index in [9.17, 15) is 9.18 Å².